The monoisotopic (exact) mass is 294 g/mol. The zero-order chi connectivity index (χ0) is 15.3. The Kier molecular flexibility index (Phi) is 8.95. The quantitative estimate of drug-likeness (QED) is 0.411. The van der Waals surface area contributed by atoms with Gasteiger partial charge in [-0.15, -0.1) is 0 Å². The number of nitrogens with one attached hydrogen (secondary N) is 2. The molecule has 0 fully saturated rings. The minimum atomic E-state index is 0.512. The molecule has 1 aromatic heterocycles. The summed E-state index contributed by atoms with van der Waals surface area (Å²) in [4.78, 5) is 8.85. The molecular formula is C15H26N4O2. The highest BCUT2D eigenvalue weighted by molar-refractivity contribution is 5.79. The van der Waals surface area contributed by atoms with Crippen LogP contribution in [0.1, 0.15) is 26.0 Å². The number of pyridine rings is 1. The van der Waals surface area contributed by atoms with E-state index in [4.69, 9.17) is 9.47 Å². The van der Waals surface area contributed by atoms with Gasteiger partial charge in [0.25, 0.3) is 0 Å². The summed E-state index contributed by atoms with van der Waals surface area (Å²) in [5.74, 6) is 1.40. The number of ether oxygens (including phenoxy) is 2. The summed E-state index contributed by atoms with van der Waals surface area (Å²) >= 11 is 0. The summed E-state index contributed by atoms with van der Waals surface area (Å²) in [6, 6.07) is 5.67. The van der Waals surface area contributed by atoms with Crippen molar-refractivity contribution in [2.75, 3.05) is 33.4 Å². The van der Waals surface area contributed by atoms with Crippen molar-refractivity contribution in [2.24, 2.45) is 4.99 Å². The normalized spacial score (nSPS) is 11.3. The molecule has 118 valence electrons. The lowest BCUT2D eigenvalue weighted by Crippen LogP contribution is -2.38. The summed E-state index contributed by atoms with van der Waals surface area (Å²) in [5.41, 5.74) is 0.876. The van der Waals surface area contributed by atoms with Crippen molar-refractivity contribution < 1.29 is 9.47 Å². The van der Waals surface area contributed by atoms with E-state index in [-0.39, 0.29) is 0 Å². The van der Waals surface area contributed by atoms with Crippen molar-refractivity contribution in [1.29, 1.82) is 0 Å². The fraction of sp³-hybridized carbons (Fsp3) is 0.600. The van der Waals surface area contributed by atoms with Crippen LogP contribution in [0.25, 0.3) is 0 Å². The zero-order valence-corrected chi connectivity index (χ0v) is 13.2. The molecule has 6 nitrogen and oxygen atoms in total. The largest absolute Gasteiger partial charge is 0.481 e. The van der Waals surface area contributed by atoms with Gasteiger partial charge >= 0.3 is 0 Å². The van der Waals surface area contributed by atoms with Gasteiger partial charge in [-0.2, -0.15) is 0 Å². The molecule has 0 atom stereocenters. The highest BCUT2D eigenvalue weighted by Gasteiger charge is 1.99. The Labute approximate surface area is 127 Å². The Morgan fingerprint density at radius 2 is 2.14 bits per heavy atom. The number of guanidine groups is 1. The number of nitrogens with zero attached hydrogens (tertiary/aromatic N) is 2. The Bertz CT molecular complexity index is 424. The molecule has 0 aliphatic heterocycles. The van der Waals surface area contributed by atoms with E-state index in [2.05, 4.69) is 20.6 Å². The highest BCUT2D eigenvalue weighted by Crippen LogP contribution is 2.07. The molecule has 0 bridgehead atoms. The topological polar surface area (TPSA) is 67.8 Å². The van der Waals surface area contributed by atoms with Gasteiger partial charge < -0.3 is 20.1 Å². The molecule has 0 saturated carbocycles. The fourth-order valence-corrected chi connectivity index (χ4v) is 1.69. The van der Waals surface area contributed by atoms with Crippen LogP contribution in [0.2, 0.25) is 0 Å². The minimum absolute atomic E-state index is 0.512. The van der Waals surface area contributed by atoms with E-state index in [0.717, 1.165) is 44.4 Å². The number of methoxy groups -OCH3 is 1. The van der Waals surface area contributed by atoms with Crippen LogP contribution in [0.5, 0.6) is 5.88 Å². The lowest BCUT2D eigenvalue weighted by atomic mass is 10.3. The van der Waals surface area contributed by atoms with Gasteiger partial charge in [-0.05, 0) is 26.3 Å². The van der Waals surface area contributed by atoms with Crippen LogP contribution < -0.4 is 15.4 Å². The van der Waals surface area contributed by atoms with Crippen molar-refractivity contribution in [3.8, 4) is 5.88 Å². The van der Waals surface area contributed by atoms with Gasteiger partial charge in [0.15, 0.2) is 5.96 Å². The summed E-state index contributed by atoms with van der Waals surface area (Å²) < 4.78 is 10.4. The second-order valence-electron chi connectivity index (χ2n) is 4.34. The Balaban J connectivity index is 2.46. The molecular weight excluding hydrogens is 268 g/mol. The van der Waals surface area contributed by atoms with E-state index in [1.165, 1.54) is 0 Å². The summed E-state index contributed by atoms with van der Waals surface area (Å²) in [7, 11) is 1.61. The molecule has 0 aliphatic carbocycles. The van der Waals surface area contributed by atoms with Crippen LogP contribution in [0.3, 0.4) is 0 Å². The third kappa shape index (κ3) is 7.51. The van der Waals surface area contributed by atoms with Gasteiger partial charge in [-0.1, -0.05) is 6.07 Å². The maximum atomic E-state index is 5.31. The molecule has 6 heteroatoms. The van der Waals surface area contributed by atoms with Crippen LogP contribution in [0, 0.1) is 0 Å². The van der Waals surface area contributed by atoms with E-state index in [0.29, 0.717) is 12.4 Å². The Morgan fingerprint density at radius 3 is 2.86 bits per heavy atom. The van der Waals surface area contributed by atoms with Crippen LogP contribution in [-0.2, 0) is 11.3 Å². The molecule has 0 radical (unpaired) electrons. The molecule has 0 amide bonds. The van der Waals surface area contributed by atoms with Crippen LogP contribution in [-0.4, -0.2) is 44.4 Å². The maximum Gasteiger partial charge on any atom is 0.213 e. The minimum Gasteiger partial charge on any atom is -0.481 e. The fourth-order valence-electron chi connectivity index (χ4n) is 1.69. The van der Waals surface area contributed by atoms with Gasteiger partial charge in [0.05, 0.1) is 19.3 Å². The van der Waals surface area contributed by atoms with Crippen molar-refractivity contribution >= 4 is 5.96 Å². The predicted octanol–water partition coefficient (Wildman–Crippen LogP) is 1.57. The smallest absolute Gasteiger partial charge is 0.213 e. The lowest BCUT2D eigenvalue weighted by molar-refractivity contribution is 0.145. The van der Waals surface area contributed by atoms with Crippen molar-refractivity contribution in [3.05, 3.63) is 23.9 Å². The van der Waals surface area contributed by atoms with Gasteiger partial charge in [0.1, 0.15) is 0 Å². The SMILES string of the molecule is CCNC(=NCc1cccc(OC)n1)NCCCOCC. The van der Waals surface area contributed by atoms with E-state index in [9.17, 15) is 0 Å². The van der Waals surface area contributed by atoms with Crippen molar-refractivity contribution in [1.82, 2.24) is 15.6 Å². The predicted molar refractivity (Wildman–Crippen MR) is 84.7 cm³/mol. The summed E-state index contributed by atoms with van der Waals surface area (Å²) in [6.45, 7) is 7.73. The zero-order valence-electron chi connectivity index (χ0n) is 13.2. The second-order valence-corrected chi connectivity index (χ2v) is 4.34. The first-order valence-corrected chi connectivity index (χ1v) is 7.40. The molecule has 0 aliphatic rings. The van der Waals surface area contributed by atoms with Crippen molar-refractivity contribution in [2.45, 2.75) is 26.8 Å². The second kappa shape index (κ2) is 10.9. The van der Waals surface area contributed by atoms with E-state index in [1.807, 2.05) is 32.0 Å². The van der Waals surface area contributed by atoms with Gasteiger partial charge in [-0.3, -0.25) is 0 Å². The average Bonchev–Trinajstić information content (AvgIpc) is 2.52. The molecule has 1 aromatic rings. The third-order valence-electron chi connectivity index (χ3n) is 2.70. The molecule has 0 aromatic carbocycles. The van der Waals surface area contributed by atoms with E-state index < -0.39 is 0 Å². The molecule has 0 saturated heterocycles. The van der Waals surface area contributed by atoms with Crippen LogP contribution >= 0.6 is 0 Å². The average molecular weight is 294 g/mol. The first-order valence-electron chi connectivity index (χ1n) is 7.40. The van der Waals surface area contributed by atoms with Gasteiger partial charge in [0.2, 0.25) is 5.88 Å². The molecule has 1 heterocycles. The highest BCUT2D eigenvalue weighted by atomic mass is 16.5. The molecule has 2 N–H and O–H groups in total. The third-order valence-corrected chi connectivity index (χ3v) is 2.70. The van der Waals surface area contributed by atoms with Gasteiger partial charge in [-0.25, -0.2) is 9.98 Å². The molecule has 0 unspecified atom stereocenters. The number of rotatable bonds is 9. The standard InChI is InChI=1S/C15H26N4O2/c1-4-16-15(17-10-7-11-21-5-2)18-12-13-8-6-9-14(19-13)20-3/h6,8-9H,4-5,7,10-12H2,1-3H3,(H2,16,17,18). The number of hydrogen-bond donors (Lipinski definition) is 2. The summed E-state index contributed by atoms with van der Waals surface area (Å²) in [5, 5.41) is 6.49. The number of aromatic nitrogens is 1. The Hall–Kier alpha value is -1.82. The molecule has 0 spiro atoms. The lowest BCUT2D eigenvalue weighted by Gasteiger charge is -2.11. The van der Waals surface area contributed by atoms with Crippen LogP contribution in [0.15, 0.2) is 23.2 Å². The number of aliphatic imine (C=N–C) groups is 1. The van der Waals surface area contributed by atoms with Crippen molar-refractivity contribution in [3.63, 3.8) is 0 Å². The van der Waals surface area contributed by atoms with E-state index in [1.54, 1.807) is 7.11 Å². The Morgan fingerprint density at radius 1 is 1.29 bits per heavy atom. The molecule has 1 rings (SSSR count). The molecule has 21 heavy (non-hydrogen) atoms. The maximum absolute atomic E-state index is 5.31. The number of hydrogen-bond acceptors (Lipinski definition) is 4. The van der Waals surface area contributed by atoms with Crippen LogP contribution in [0.4, 0.5) is 0 Å². The van der Waals surface area contributed by atoms with E-state index >= 15 is 0 Å². The first kappa shape index (κ1) is 17.2. The summed E-state index contributed by atoms with van der Waals surface area (Å²) in [6.07, 6.45) is 0.954. The first-order chi connectivity index (χ1) is 10.3. The van der Waals surface area contributed by atoms with Gasteiger partial charge in [0, 0.05) is 32.4 Å².